The molecule has 35 heavy (non-hydrogen) atoms. The van der Waals surface area contributed by atoms with Crippen LogP contribution in [0.25, 0.3) is 0 Å². The quantitative estimate of drug-likeness (QED) is 0.554. The molecule has 4 rings (SSSR count). The highest BCUT2D eigenvalue weighted by Crippen LogP contribution is 2.34. The number of nitrogens with one attached hydrogen (secondary N) is 1. The number of morpholine rings is 1. The highest BCUT2D eigenvalue weighted by molar-refractivity contribution is 5.79. The van der Waals surface area contributed by atoms with Gasteiger partial charge >= 0.3 is 0 Å². The molecule has 0 atom stereocenters. The van der Waals surface area contributed by atoms with E-state index in [1.54, 1.807) is 4.90 Å². The second-order valence-electron chi connectivity index (χ2n) is 9.84. The van der Waals surface area contributed by atoms with Gasteiger partial charge < -0.3 is 24.4 Å². The third kappa shape index (κ3) is 6.78. The van der Waals surface area contributed by atoms with Crippen LogP contribution in [-0.2, 0) is 31.1 Å². The first-order chi connectivity index (χ1) is 16.9. The molecule has 1 saturated carbocycles. The van der Waals surface area contributed by atoms with Crippen LogP contribution in [0, 0.1) is 0 Å². The number of amides is 3. The lowest BCUT2D eigenvalue weighted by molar-refractivity contribution is -0.140. The van der Waals surface area contributed by atoms with E-state index < -0.39 is 5.54 Å². The summed E-state index contributed by atoms with van der Waals surface area (Å²) in [5, 5.41) is 7.27. The second-order valence-corrected chi connectivity index (χ2v) is 9.84. The molecule has 3 amide bonds. The van der Waals surface area contributed by atoms with E-state index in [9.17, 15) is 14.4 Å². The summed E-state index contributed by atoms with van der Waals surface area (Å²) in [6, 6.07) is 0. The van der Waals surface area contributed by atoms with E-state index in [1.165, 1.54) is 6.92 Å². The van der Waals surface area contributed by atoms with Crippen LogP contribution in [0.1, 0.15) is 63.6 Å². The van der Waals surface area contributed by atoms with E-state index in [0.717, 1.165) is 51.6 Å². The third-order valence-electron chi connectivity index (χ3n) is 7.27. The van der Waals surface area contributed by atoms with Crippen LogP contribution in [-0.4, -0.2) is 102 Å². The smallest absolute Gasteiger partial charge is 0.236 e. The first kappa shape index (κ1) is 25.6. The molecule has 1 N–H and O–H groups in total. The highest BCUT2D eigenvalue weighted by atomic mass is 16.5. The number of aromatic nitrogens is 2. The van der Waals surface area contributed by atoms with Crippen LogP contribution in [0.4, 0.5) is 0 Å². The monoisotopic (exact) mass is 490 g/mol. The highest BCUT2D eigenvalue weighted by Gasteiger charge is 2.38. The van der Waals surface area contributed by atoms with E-state index in [4.69, 9.17) is 9.26 Å². The van der Waals surface area contributed by atoms with Gasteiger partial charge in [-0.05, 0) is 12.8 Å². The van der Waals surface area contributed by atoms with Crippen molar-refractivity contribution in [1.29, 1.82) is 0 Å². The molecule has 2 aliphatic heterocycles. The first-order valence-corrected chi connectivity index (χ1v) is 12.9. The molecule has 0 spiro atoms. The molecule has 11 heteroatoms. The zero-order valence-electron chi connectivity index (χ0n) is 20.8. The number of carbonyl (C=O) groups excluding carboxylic acids is 3. The summed E-state index contributed by atoms with van der Waals surface area (Å²) in [6.45, 7) is 7.03. The number of hydrogen-bond acceptors (Lipinski definition) is 8. The number of rotatable bonds is 7. The van der Waals surface area contributed by atoms with Crippen LogP contribution < -0.4 is 5.32 Å². The van der Waals surface area contributed by atoms with Crippen LogP contribution in [0.2, 0.25) is 0 Å². The molecule has 0 radical (unpaired) electrons. The maximum Gasteiger partial charge on any atom is 0.236 e. The predicted octanol–water partition coefficient (Wildman–Crippen LogP) is 0.691. The number of aryl methyl sites for hydroxylation is 1. The lowest BCUT2D eigenvalue weighted by atomic mass is 9.89. The van der Waals surface area contributed by atoms with Crippen molar-refractivity contribution in [3.8, 4) is 0 Å². The van der Waals surface area contributed by atoms with Gasteiger partial charge in [0.15, 0.2) is 5.82 Å². The molecular weight excluding hydrogens is 452 g/mol. The molecule has 11 nitrogen and oxygen atoms in total. The third-order valence-corrected chi connectivity index (χ3v) is 7.27. The summed E-state index contributed by atoms with van der Waals surface area (Å²) in [4.78, 5) is 47.6. The minimum absolute atomic E-state index is 0.0241. The van der Waals surface area contributed by atoms with Crippen LogP contribution in [0.15, 0.2) is 4.52 Å². The summed E-state index contributed by atoms with van der Waals surface area (Å²) in [7, 11) is 0. The molecule has 1 aromatic rings. The first-order valence-electron chi connectivity index (χ1n) is 12.9. The Bertz CT molecular complexity index is 868. The zero-order chi connectivity index (χ0) is 24.7. The molecule has 0 bridgehead atoms. The SMILES string of the molecule is CC(=O)NC1(c2noc(CCC(=O)N3CCN(C(=O)CN4CCOCC4)CC3)n2)CCCCCC1. The molecule has 2 saturated heterocycles. The van der Waals surface area contributed by atoms with Crippen molar-refractivity contribution >= 4 is 17.7 Å². The van der Waals surface area contributed by atoms with Crippen LogP contribution >= 0.6 is 0 Å². The van der Waals surface area contributed by atoms with Gasteiger partial charge in [0, 0.05) is 59.0 Å². The number of piperazine rings is 1. The fourth-order valence-electron chi connectivity index (χ4n) is 5.25. The topological polar surface area (TPSA) is 121 Å². The molecule has 3 aliphatic rings. The molecule has 1 aliphatic carbocycles. The Hall–Kier alpha value is -2.53. The molecule has 194 valence electrons. The largest absolute Gasteiger partial charge is 0.379 e. The summed E-state index contributed by atoms with van der Waals surface area (Å²) in [5.74, 6) is 0.974. The van der Waals surface area contributed by atoms with Gasteiger partial charge in [-0.1, -0.05) is 30.8 Å². The van der Waals surface area contributed by atoms with E-state index in [0.29, 0.717) is 64.1 Å². The van der Waals surface area contributed by atoms with E-state index >= 15 is 0 Å². The number of nitrogens with zero attached hydrogens (tertiary/aromatic N) is 5. The number of hydrogen-bond donors (Lipinski definition) is 1. The fourth-order valence-corrected chi connectivity index (χ4v) is 5.25. The Labute approximate surface area is 206 Å². The Morgan fingerprint density at radius 3 is 2.17 bits per heavy atom. The summed E-state index contributed by atoms with van der Waals surface area (Å²) in [5.41, 5.74) is -0.585. The maximum absolute atomic E-state index is 12.8. The summed E-state index contributed by atoms with van der Waals surface area (Å²) < 4.78 is 10.8. The minimum atomic E-state index is -0.585. The van der Waals surface area contributed by atoms with E-state index in [1.807, 2.05) is 4.90 Å². The minimum Gasteiger partial charge on any atom is -0.379 e. The Morgan fingerprint density at radius 1 is 0.914 bits per heavy atom. The Morgan fingerprint density at radius 2 is 1.54 bits per heavy atom. The average molecular weight is 491 g/mol. The fraction of sp³-hybridized carbons (Fsp3) is 0.792. The number of carbonyl (C=O) groups is 3. The molecule has 3 heterocycles. The van der Waals surface area contributed by atoms with Gasteiger partial charge in [0.25, 0.3) is 0 Å². The van der Waals surface area contributed by atoms with E-state index in [-0.39, 0.29) is 24.1 Å². The van der Waals surface area contributed by atoms with Gasteiger partial charge in [-0.15, -0.1) is 0 Å². The summed E-state index contributed by atoms with van der Waals surface area (Å²) >= 11 is 0. The van der Waals surface area contributed by atoms with Crippen molar-refractivity contribution in [2.75, 3.05) is 59.0 Å². The van der Waals surface area contributed by atoms with Crippen molar-refractivity contribution in [1.82, 2.24) is 30.2 Å². The standard InChI is InChI=1S/C24H38N6O5/c1-19(31)26-24(8-4-2-3-5-9-24)23-25-20(35-27-23)6-7-21(32)29-10-12-30(13-11-29)22(33)18-28-14-16-34-17-15-28/h2-18H2,1H3,(H,26,31). The van der Waals surface area contributed by atoms with Crippen molar-refractivity contribution in [3.63, 3.8) is 0 Å². The number of ether oxygens (including phenoxy) is 1. The van der Waals surface area contributed by atoms with Gasteiger partial charge in [0.2, 0.25) is 23.6 Å². The molecular formula is C24H38N6O5. The Balaban J connectivity index is 1.25. The molecule has 0 aromatic carbocycles. The Kier molecular flexibility index (Phi) is 8.72. The zero-order valence-corrected chi connectivity index (χ0v) is 20.8. The predicted molar refractivity (Wildman–Crippen MR) is 126 cm³/mol. The van der Waals surface area contributed by atoms with Gasteiger partial charge in [-0.25, -0.2) is 0 Å². The van der Waals surface area contributed by atoms with Gasteiger partial charge in [0.05, 0.1) is 19.8 Å². The van der Waals surface area contributed by atoms with Gasteiger partial charge in [-0.3, -0.25) is 19.3 Å². The maximum atomic E-state index is 12.8. The van der Waals surface area contributed by atoms with Crippen molar-refractivity contribution in [2.45, 2.75) is 63.8 Å². The average Bonchev–Trinajstić information content (AvgIpc) is 3.23. The molecule has 3 fully saturated rings. The molecule has 1 aromatic heterocycles. The van der Waals surface area contributed by atoms with Crippen LogP contribution in [0.3, 0.4) is 0 Å². The second kappa shape index (κ2) is 11.9. The van der Waals surface area contributed by atoms with Crippen molar-refractivity contribution in [3.05, 3.63) is 11.7 Å². The normalized spacial score (nSPS) is 21.4. The van der Waals surface area contributed by atoms with Crippen LogP contribution in [0.5, 0.6) is 0 Å². The van der Waals surface area contributed by atoms with Gasteiger partial charge in [-0.2, -0.15) is 4.98 Å². The van der Waals surface area contributed by atoms with E-state index in [2.05, 4.69) is 20.4 Å². The van der Waals surface area contributed by atoms with Crippen molar-refractivity contribution < 1.29 is 23.6 Å². The lowest BCUT2D eigenvalue weighted by Gasteiger charge is -2.36. The lowest BCUT2D eigenvalue weighted by Crippen LogP contribution is -2.53. The summed E-state index contributed by atoms with van der Waals surface area (Å²) in [6.07, 6.45) is 6.49. The molecule has 0 unspecified atom stereocenters. The van der Waals surface area contributed by atoms with Crippen molar-refractivity contribution in [2.24, 2.45) is 0 Å². The van der Waals surface area contributed by atoms with Gasteiger partial charge in [0.1, 0.15) is 5.54 Å².